The highest BCUT2D eigenvalue weighted by Gasteiger charge is 2.21. The maximum Gasteiger partial charge on any atom is 0.253 e. The molecule has 102 valence electrons. The van der Waals surface area contributed by atoms with Crippen LogP contribution in [0, 0.1) is 0 Å². The molecule has 0 aliphatic carbocycles. The van der Waals surface area contributed by atoms with Crippen LogP contribution in [0.3, 0.4) is 0 Å². The number of hydrogen-bond donors (Lipinski definition) is 0. The van der Waals surface area contributed by atoms with Crippen molar-refractivity contribution in [3.63, 3.8) is 0 Å². The first kappa shape index (κ1) is 13.7. The topological polar surface area (TPSA) is 40.6 Å². The summed E-state index contributed by atoms with van der Waals surface area (Å²) in [5.41, 5.74) is 1.31. The Balaban J connectivity index is 2.02. The molecule has 4 nitrogen and oxygen atoms in total. The second kappa shape index (κ2) is 5.97. The number of amides is 1. The number of likely N-dealkylation sites (N-methyl/N-ethyl adjacent to an activating group) is 1. The maximum atomic E-state index is 12.3. The first-order chi connectivity index (χ1) is 9.11. The molecule has 0 saturated carbocycles. The Labute approximate surface area is 114 Å². The van der Waals surface area contributed by atoms with E-state index in [9.17, 15) is 9.59 Å². The van der Waals surface area contributed by atoms with E-state index in [0.717, 1.165) is 32.7 Å². The van der Waals surface area contributed by atoms with Crippen molar-refractivity contribution in [3.8, 4) is 0 Å². The Kier molecular flexibility index (Phi) is 4.32. The van der Waals surface area contributed by atoms with Crippen LogP contribution in [0.1, 0.15) is 34.6 Å². The van der Waals surface area contributed by atoms with Crippen molar-refractivity contribution in [3.05, 3.63) is 35.4 Å². The van der Waals surface area contributed by atoms with Gasteiger partial charge in [-0.25, -0.2) is 0 Å². The quantitative estimate of drug-likeness (QED) is 0.776. The van der Waals surface area contributed by atoms with E-state index in [1.807, 2.05) is 4.90 Å². The third-order valence-corrected chi connectivity index (χ3v) is 3.65. The number of carbonyl (C=O) groups excluding carboxylic acids is 2. The monoisotopic (exact) mass is 260 g/mol. The lowest BCUT2D eigenvalue weighted by Gasteiger charge is -2.34. The standard InChI is InChI=1S/C15H20N2O2/c1-3-16-8-10-17(11-9-16)15(19)14-6-4-13(5-7-14)12(2)18/h4-7H,3,8-11H2,1-2H3. The number of ketones is 1. The Morgan fingerprint density at radius 1 is 1.00 bits per heavy atom. The average molecular weight is 260 g/mol. The number of nitrogens with zero attached hydrogens (tertiary/aromatic N) is 2. The van der Waals surface area contributed by atoms with Crippen molar-refractivity contribution >= 4 is 11.7 Å². The Bertz CT molecular complexity index is 460. The first-order valence-electron chi connectivity index (χ1n) is 6.74. The van der Waals surface area contributed by atoms with Crippen molar-refractivity contribution in [2.24, 2.45) is 0 Å². The molecule has 0 N–H and O–H groups in total. The number of hydrogen-bond acceptors (Lipinski definition) is 3. The van der Waals surface area contributed by atoms with Gasteiger partial charge in [0.15, 0.2) is 5.78 Å². The lowest BCUT2D eigenvalue weighted by molar-refractivity contribution is 0.0643. The normalized spacial score (nSPS) is 16.4. The summed E-state index contributed by atoms with van der Waals surface area (Å²) in [6, 6.07) is 6.92. The fourth-order valence-corrected chi connectivity index (χ4v) is 2.30. The largest absolute Gasteiger partial charge is 0.336 e. The zero-order valence-corrected chi connectivity index (χ0v) is 11.6. The van der Waals surface area contributed by atoms with E-state index in [1.165, 1.54) is 6.92 Å². The third-order valence-electron chi connectivity index (χ3n) is 3.65. The van der Waals surface area contributed by atoms with Crippen LogP contribution in [-0.4, -0.2) is 54.2 Å². The molecular formula is C15H20N2O2. The Morgan fingerprint density at radius 3 is 2.00 bits per heavy atom. The summed E-state index contributed by atoms with van der Waals surface area (Å²) in [4.78, 5) is 27.7. The molecule has 1 aromatic carbocycles. The maximum absolute atomic E-state index is 12.3. The van der Waals surface area contributed by atoms with Gasteiger partial charge >= 0.3 is 0 Å². The van der Waals surface area contributed by atoms with E-state index in [2.05, 4.69) is 11.8 Å². The molecular weight excluding hydrogens is 240 g/mol. The summed E-state index contributed by atoms with van der Waals surface area (Å²) in [5.74, 6) is 0.0846. The summed E-state index contributed by atoms with van der Waals surface area (Å²) in [7, 11) is 0. The van der Waals surface area contributed by atoms with Crippen LogP contribution >= 0.6 is 0 Å². The number of rotatable bonds is 3. The first-order valence-corrected chi connectivity index (χ1v) is 6.74. The van der Waals surface area contributed by atoms with Crippen LogP contribution in [0.2, 0.25) is 0 Å². The van der Waals surface area contributed by atoms with Crippen molar-refractivity contribution < 1.29 is 9.59 Å². The molecule has 1 heterocycles. The SMILES string of the molecule is CCN1CCN(C(=O)c2ccc(C(C)=O)cc2)CC1. The van der Waals surface area contributed by atoms with Gasteiger partial charge in [-0.15, -0.1) is 0 Å². The lowest BCUT2D eigenvalue weighted by Crippen LogP contribution is -2.48. The van der Waals surface area contributed by atoms with E-state index in [0.29, 0.717) is 11.1 Å². The predicted molar refractivity (Wildman–Crippen MR) is 74.5 cm³/mol. The van der Waals surface area contributed by atoms with Crippen LogP contribution in [-0.2, 0) is 0 Å². The minimum atomic E-state index is 0.0237. The van der Waals surface area contributed by atoms with Crippen LogP contribution in [0.25, 0.3) is 0 Å². The van der Waals surface area contributed by atoms with Gasteiger partial charge in [-0.1, -0.05) is 19.1 Å². The summed E-state index contributed by atoms with van der Waals surface area (Å²) in [6.45, 7) is 8.14. The van der Waals surface area contributed by atoms with Crippen molar-refractivity contribution in [1.29, 1.82) is 0 Å². The predicted octanol–water partition coefficient (Wildman–Crippen LogP) is 1.67. The fraction of sp³-hybridized carbons (Fsp3) is 0.467. The molecule has 0 unspecified atom stereocenters. The van der Waals surface area contributed by atoms with E-state index in [1.54, 1.807) is 24.3 Å². The van der Waals surface area contributed by atoms with Crippen LogP contribution < -0.4 is 0 Å². The van der Waals surface area contributed by atoms with Gasteiger partial charge in [-0.3, -0.25) is 9.59 Å². The summed E-state index contributed by atoms with van der Waals surface area (Å²) < 4.78 is 0. The highest BCUT2D eigenvalue weighted by molar-refractivity contribution is 5.97. The number of carbonyl (C=O) groups is 2. The number of benzene rings is 1. The summed E-state index contributed by atoms with van der Waals surface area (Å²) >= 11 is 0. The molecule has 0 aromatic heterocycles. The lowest BCUT2D eigenvalue weighted by atomic mass is 10.1. The molecule has 2 rings (SSSR count). The molecule has 19 heavy (non-hydrogen) atoms. The second-order valence-electron chi connectivity index (χ2n) is 4.86. The third kappa shape index (κ3) is 3.20. The molecule has 0 atom stereocenters. The van der Waals surface area contributed by atoms with Gasteiger partial charge in [-0.05, 0) is 25.6 Å². The Hall–Kier alpha value is -1.68. The van der Waals surface area contributed by atoms with Gasteiger partial charge in [0.25, 0.3) is 5.91 Å². The van der Waals surface area contributed by atoms with Gasteiger partial charge in [0.2, 0.25) is 0 Å². The minimum Gasteiger partial charge on any atom is -0.336 e. The minimum absolute atomic E-state index is 0.0237. The smallest absolute Gasteiger partial charge is 0.253 e. The molecule has 1 saturated heterocycles. The zero-order valence-electron chi connectivity index (χ0n) is 11.6. The molecule has 1 aliphatic heterocycles. The van der Waals surface area contributed by atoms with E-state index >= 15 is 0 Å². The molecule has 0 spiro atoms. The van der Waals surface area contributed by atoms with Gasteiger partial charge in [0.05, 0.1) is 0 Å². The van der Waals surface area contributed by atoms with Crippen LogP contribution in [0.5, 0.6) is 0 Å². The highest BCUT2D eigenvalue weighted by Crippen LogP contribution is 2.10. The molecule has 0 bridgehead atoms. The van der Waals surface area contributed by atoms with Gasteiger partial charge in [0.1, 0.15) is 0 Å². The van der Waals surface area contributed by atoms with E-state index in [-0.39, 0.29) is 11.7 Å². The van der Waals surface area contributed by atoms with E-state index < -0.39 is 0 Å². The van der Waals surface area contributed by atoms with Gasteiger partial charge in [0, 0.05) is 37.3 Å². The van der Waals surface area contributed by atoms with Crippen LogP contribution in [0.15, 0.2) is 24.3 Å². The van der Waals surface area contributed by atoms with Crippen molar-refractivity contribution in [2.45, 2.75) is 13.8 Å². The van der Waals surface area contributed by atoms with Crippen molar-refractivity contribution in [1.82, 2.24) is 9.80 Å². The second-order valence-corrected chi connectivity index (χ2v) is 4.86. The molecule has 4 heteroatoms. The highest BCUT2D eigenvalue weighted by atomic mass is 16.2. The molecule has 1 aliphatic rings. The van der Waals surface area contributed by atoms with E-state index in [4.69, 9.17) is 0 Å². The van der Waals surface area contributed by atoms with Crippen LogP contribution in [0.4, 0.5) is 0 Å². The fourth-order valence-electron chi connectivity index (χ4n) is 2.30. The van der Waals surface area contributed by atoms with Gasteiger partial charge in [-0.2, -0.15) is 0 Å². The Morgan fingerprint density at radius 2 is 1.53 bits per heavy atom. The van der Waals surface area contributed by atoms with Crippen molar-refractivity contribution in [2.75, 3.05) is 32.7 Å². The number of Topliss-reactive ketones (excluding diaryl/α,β-unsaturated/α-hetero) is 1. The summed E-state index contributed by atoms with van der Waals surface area (Å²) in [6.07, 6.45) is 0. The number of piperazine rings is 1. The molecule has 0 radical (unpaired) electrons. The average Bonchev–Trinajstić information content (AvgIpc) is 2.46. The summed E-state index contributed by atoms with van der Waals surface area (Å²) in [5, 5.41) is 0. The molecule has 1 fully saturated rings. The molecule has 1 aromatic rings. The van der Waals surface area contributed by atoms with Gasteiger partial charge < -0.3 is 9.80 Å². The molecule has 1 amide bonds. The zero-order chi connectivity index (χ0) is 13.8.